The number of amides is 3. The number of para-hydroxylation sites is 1. The second kappa shape index (κ2) is 11.1. The fourth-order valence-corrected chi connectivity index (χ4v) is 9.65. The Morgan fingerprint density at radius 3 is 2.63 bits per heavy atom. The Morgan fingerprint density at radius 1 is 1.12 bits per heavy atom. The van der Waals surface area contributed by atoms with Crippen molar-refractivity contribution in [2.24, 2.45) is 17.8 Å². The summed E-state index contributed by atoms with van der Waals surface area (Å²) in [5.41, 5.74) is 2.47. The van der Waals surface area contributed by atoms with E-state index in [1.165, 1.54) is 0 Å². The molecule has 11 heteroatoms. The number of aliphatic hydroxyl groups is 1. The number of carbonyl (C=O) groups is 3. The molecule has 2 aromatic carbocycles. The average molecular weight is 577 g/mol. The largest absolute Gasteiger partial charge is 0.394 e. The summed E-state index contributed by atoms with van der Waals surface area (Å²) >= 11 is 1.63. The quantitative estimate of drug-likeness (QED) is 0.337. The molecule has 1 aromatic heterocycles. The van der Waals surface area contributed by atoms with E-state index in [9.17, 15) is 19.5 Å². The van der Waals surface area contributed by atoms with E-state index >= 15 is 0 Å². The van der Waals surface area contributed by atoms with Crippen LogP contribution in [-0.2, 0) is 27.5 Å². The van der Waals surface area contributed by atoms with E-state index < -0.39 is 28.7 Å². The topological polar surface area (TPSA) is 129 Å². The van der Waals surface area contributed by atoms with E-state index in [1.807, 2.05) is 61.5 Å². The number of benzene rings is 2. The molecule has 7 atom stereocenters. The molecule has 4 heterocycles. The summed E-state index contributed by atoms with van der Waals surface area (Å²) in [5.74, 6) is -1.75. The Labute approximate surface area is 243 Å². The molecule has 41 heavy (non-hydrogen) atoms. The molecule has 6 rings (SSSR count). The second-order valence-electron chi connectivity index (χ2n) is 11.4. The van der Waals surface area contributed by atoms with Crippen LogP contribution in [0.4, 0.5) is 0 Å². The zero-order valence-corrected chi connectivity index (χ0v) is 24.1. The van der Waals surface area contributed by atoms with Crippen molar-refractivity contribution >= 4 is 40.5 Å². The number of hydrogen-bond donors (Lipinski definition) is 3. The van der Waals surface area contributed by atoms with Crippen molar-refractivity contribution in [3.63, 3.8) is 0 Å². The van der Waals surface area contributed by atoms with Gasteiger partial charge in [-0.05, 0) is 42.9 Å². The number of fused-ring (bicyclic) bond motifs is 2. The van der Waals surface area contributed by atoms with Crippen LogP contribution in [0.15, 0.2) is 54.6 Å². The molecular formula is C30H36N6O4S. The van der Waals surface area contributed by atoms with Gasteiger partial charge in [0, 0.05) is 11.8 Å². The second-order valence-corrected chi connectivity index (χ2v) is 12.9. The number of hydrogen-bond acceptors (Lipinski definition) is 7. The van der Waals surface area contributed by atoms with E-state index in [1.54, 1.807) is 21.3 Å². The van der Waals surface area contributed by atoms with Crippen molar-refractivity contribution < 1.29 is 19.5 Å². The number of likely N-dealkylation sites (tertiary alicyclic amines) is 1. The van der Waals surface area contributed by atoms with Gasteiger partial charge in [0.2, 0.25) is 17.7 Å². The Morgan fingerprint density at radius 2 is 1.88 bits per heavy atom. The van der Waals surface area contributed by atoms with Gasteiger partial charge < -0.3 is 20.6 Å². The molecule has 1 spiro atoms. The zero-order valence-electron chi connectivity index (χ0n) is 23.3. The number of rotatable bonds is 10. The lowest BCUT2D eigenvalue weighted by atomic mass is 9.66. The number of carbonyl (C=O) groups excluding carboxylic acids is 3. The molecule has 0 aliphatic carbocycles. The minimum Gasteiger partial charge on any atom is -0.394 e. The van der Waals surface area contributed by atoms with Crippen LogP contribution in [0.5, 0.6) is 0 Å². The smallest absolute Gasteiger partial charge is 0.245 e. The lowest BCUT2D eigenvalue weighted by Crippen LogP contribution is -2.59. The standard InChI is InChI=1S/C30H36N6O4S/c1-3-13-31-27(38)24-23-14-18(2)30(41-23)25(24)29(40)36(20(16-37)15-19-9-5-4-6-10-19)26(30)28(39)32-17-35-22-12-8-7-11-21(22)33-34-35/h4-12,18,20,23-26,37H,3,13-17H2,1-2H3,(H,31,38)(H,32,39)/t18?,20-,23+,24-,25+,26?,30?/m1/s1. The summed E-state index contributed by atoms with van der Waals surface area (Å²) in [6, 6.07) is 15.7. The maximum atomic E-state index is 14.4. The lowest BCUT2D eigenvalue weighted by Gasteiger charge is -2.40. The third kappa shape index (κ3) is 4.50. The van der Waals surface area contributed by atoms with Crippen molar-refractivity contribution in [3.05, 3.63) is 60.2 Å². The average Bonchev–Trinajstić information content (AvgIpc) is 3.71. The minimum absolute atomic E-state index is 0.0330. The normalized spacial score (nSPS) is 29.1. The van der Waals surface area contributed by atoms with E-state index in [0.717, 1.165) is 29.4 Å². The predicted molar refractivity (Wildman–Crippen MR) is 155 cm³/mol. The summed E-state index contributed by atoms with van der Waals surface area (Å²) < 4.78 is 0.856. The third-order valence-corrected chi connectivity index (χ3v) is 11.1. The SMILES string of the molecule is CCCNC(=O)[C@@H]1[C@@H]2CC(C)C3(S2)C(C(=O)NCn2nnc4ccccc42)N([C@@H](CO)Cc2ccccc2)C(=O)[C@H]13. The van der Waals surface area contributed by atoms with E-state index in [-0.39, 0.29) is 42.2 Å². The van der Waals surface area contributed by atoms with Gasteiger partial charge >= 0.3 is 0 Å². The Kier molecular flexibility index (Phi) is 7.50. The van der Waals surface area contributed by atoms with Crippen LogP contribution in [0.25, 0.3) is 11.0 Å². The molecule has 3 aliphatic rings. The number of nitrogens with one attached hydrogen (secondary N) is 2. The van der Waals surface area contributed by atoms with Gasteiger partial charge in [-0.1, -0.05) is 61.5 Å². The summed E-state index contributed by atoms with van der Waals surface area (Å²) in [5, 5.41) is 25.0. The first-order valence-corrected chi connectivity index (χ1v) is 15.3. The summed E-state index contributed by atoms with van der Waals surface area (Å²) in [7, 11) is 0. The summed E-state index contributed by atoms with van der Waals surface area (Å²) in [6.45, 7) is 4.42. The minimum atomic E-state index is -0.843. The predicted octanol–water partition coefficient (Wildman–Crippen LogP) is 1.97. The highest BCUT2D eigenvalue weighted by Gasteiger charge is 2.76. The highest BCUT2D eigenvalue weighted by molar-refractivity contribution is 8.02. The fourth-order valence-electron chi connectivity index (χ4n) is 7.24. The first kappa shape index (κ1) is 27.7. The highest BCUT2D eigenvalue weighted by Crippen LogP contribution is 2.68. The molecule has 3 unspecified atom stereocenters. The molecule has 3 saturated heterocycles. The van der Waals surface area contributed by atoms with Gasteiger partial charge in [0.05, 0.1) is 34.7 Å². The summed E-state index contributed by atoms with van der Waals surface area (Å²) in [4.78, 5) is 43.7. The van der Waals surface area contributed by atoms with Crippen molar-refractivity contribution in [3.8, 4) is 0 Å². The van der Waals surface area contributed by atoms with Crippen LogP contribution in [0.1, 0.15) is 32.3 Å². The molecule has 0 radical (unpaired) electrons. The van der Waals surface area contributed by atoms with Crippen LogP contribution < -0.4 is 10.6 Å². The zero-order chi connectivity index (χ0) is 28.7. The molecule has 2 bridgehead atoms. The van der Waals surface area contributed by atoms with Gasteiger partial charge in [0.25, 0.3) is 0 Å². The molecule has 216 valence electrons. The van der Waals surface area contributed by atoms with Gasteiger partial charge in [-0.25, -0.2) is 4.68 Å². The maximum absolute atomic E-state index is 14.4. The molecule has 3 aromatic rings. The van der Waals surface area contributed by atoms with Gasteiger partial charge in [-0.2, -0.15) is 0 Å². The van der Waals surface area contributed by atoms with Crippen LogP contribution >= 0.6 is 11.8 Å². The summed E-state index contributed by atoms with van der Waals surface area (Å²) in [6.07, 6.45) is 1.96. The van der Waals surface area contributed by atoms with E-state index in [4.69, 9.17) is 0 Å². The van der Waals surface area contributed by atoms with Gasteiger partial charge in [-0.15, -0.1) is 16.9 Å². The monoisotopic (exact) mass is 576 g/mol. The number of aromatic nitrogens is 3. The number of thioether (sulfide) groups is 1. The van der Waals surface area contributed by atoms with Gasteiger partial charge in [-0.3, -0.25) is 14.4 Å². The molecular weight excluding hydrogens is 540 g/mol. The van der Waals surface area contributed by atoms with Crippen molar-refractivity contribution in [1.82, 2.24) is 30.5 Å². The van der Waals surface area contributed by atoms with Crippen LogP contribution in [0, 0.1) is 17.8 Å². The van der Waals surface area contributed by atoms with Crippen LogP contribution in [-0.4, -0.2) is 78.0 Å². The first-order valence-electron chi connectivity index (χ1n) is 14.4. The number of nitrogens with zero attached hydrogens (tertiary/aromatic N) is 4. The van der Waals surface area contributed by atoms with Crippen LogP contribution in [0.3, 0.4) is 0 Å². The van der Waals surface area contributed by atoms with Gasteiger partial charge in [0.15, 0.2) is 0 Å². The lowest BCUT2D eigenvalue weighted by molar-refractivity contribution is -0.142. The molecule has 3 fully saturated rings. The van der Waals surface area contributed by atoms with Crippen LogP contribution in [0.2, 0.25) is 0 Å². The van der Waals surface area contributed by atoms with Gasteiger partial charge in [0.1, 0.15) is 18.2 Å². The van der Waals surface area contributed by atoms with E-state index in [0.29, 0.717) is 13.0 Å². The maximum Gasteiger partial charge on any atom is 0.245 e. The first-order chi connectivity index (χ1) is 19.9. The van der Waals surface area contributed by atoms with Crippen molar-refractivity contribution in [1.29, 1.82) is 0 Å². The third-order valence-electron chi connectivity index (χ3n) is 9.03. The number of aliphatic hydroxyl groups excluding tert-OH is 1. The fraction of sp³-hybridized carbons (Fsp3) is 0.500. The molecule has 3 amide bonds. The van der Waals surface area contributed by atoms with Crippen molar-refractivity contribution in [2.45, 2.75) is 61.9 Å². The Balaban J connectivity index is 1.36. The molecule has 3 aliphatic heterocycles. The van der Waals surface area contributed by atoms with E-state index in [2.05, 4.69) is 27.9 Å². The molecule has 0 saturated carbocycles. The van der Waals surface area contributed by atoms with Crippen molar-refractivity contribution in [2.75, 3.05) is 13.2 Å². The highest BCUT2D eigenvalue weighted by atomic mass is 32.2. The Hall–Kier alpha value is -3.44. The molecule has 3 N–H and O–H groups in total. The molecule has 10 nitrogen and oxygen atoms in total. The Bertz CT molecular complexity index is 1450.